The first-order valence-corrected chi connectivity index (χ1v) is 5.42. The van der Waals surface area contributed by atoms with Crippen molar-refractivity contribution in [3.05, 3.63) is 32.2 Å². The number of hydrogen-bond acceptors (Lipinski definition) is 2. The Kier molecular flexibility index (Phi) is 4.23. The van der Waals surface area contributed by atoms with Gasteiger partial charge in [-0.1, -0.05) is 23.2 Å². The first-order valence-electron chi connectivity index (χ1n) is 3.88. The van der Waals surface area contributed by atoms with E-state index in [1.165, 1.54) is 6.07 Å². The smallest absolute Gasteiger partial charge is 0.338 e. The Labute approximate surface area is 100 Å². The zero-order chi connectivity index (χ0) is 10.7. The van der Waals surface area contributed by atoms with Crippen LogP contribution in [0.1, 0.15) is 17.3 Å². The van der Waals surface area contributed by atoms with Gasteiger partial charge in [-0.25, -0.2) is 4.79 Å². The normalized spacial score (nSPS) is 10.0. The van der Waals surface area contributed by atoms with Gasteiger partial charge >= 0.3 is 5.97 Å². The van der Waals surface area contributed by atoms with E-state index in [0.717, 1.165) is 0 Å². The minimum absolute atomic E-state index is 0.323. The Hall–Kier alpha value is -0.250. The van der Waals surface area contributed by atoms with Crippen molar-refractivity contribution in [2.75, 3.05) is 6.61 Å². The third-order valence-corrected chi connectivity index (χ3v) is 3.15. The lowest BCUT2D eigenvalue weighted by molar-refractivity contribution is 0.0526. The third-order valence-electron chi connectivity index (χ3n) is 1.49. The molecular formula is C9H7BrCl2O2. The standard InChI is InChI=1S/C9H7BrCl2O2/c1-2-14-9(13)5-3-6(10)8(12)7(11)4-5/h3-4H,2H2,1H3. The minimum atomic E-state index is -0.410. The molecule has 2 nitrogen and oxygen atoms in total. The zero-order valence-corrected chi connectivity index (χ0v) is 10.4. The topological polar surface area (TPSA) is 26.3 Å². The number of ether oxygens (including phenoxy) is 1. The van der Waals surface area contributed by atoms with Crippen LogP contribution < -0.4 is 0 Å². The van der Waals surface area contributed by atoms with Crippen LogP contribution in [0.15, 0.2) is 16.6 Å². The molecule has 0 aliphatic carbocycles. The van der Waals surface area contributed by atoms with E-state index < -0.39 is 5.97 Å². The first kappa shape index (κ1) is 11.8. The van der Waals surface area contributed by atoms with Crippen LogP contribution in [0, 0.1) is 0 Å². The monoisotopic (exact) mass is 296 g/mol. The minimum Gasteiger partial charge on any atom is -0.462 e. The number of esters is 1. The van der Waals surface area contributed by atoms with Crippen molar-refractivity contribution < 1.29 is 9.53 Å². The number of rotatable bonds is 2. The highest BCUT2D eigenvalue weighted by molar-refractivity contribution is 9.10. The second-order valence-corrected chi connectivity index (χ2v) is 4.11. The molecule has 0 aliphatic heterocycles. The molecule has 1 aromatic carbocycles. The van der Waals surface area contributed by atoms with Crippen LogP contribution in [-0.2, 0) is 4.74 Å². The molecule has 0 saturated heterocycles. The summed E-state index contributed by atoms with van der Waals surface area (Å²) < 4.78 is 5.39. The Morgan fingerprint density at radius 3 is 2.64 bits per heavy atom. The molecule has 0 saturated carbocycles. The van der Waals surface area contributed by atoms with Crippen molar-refractivity contribution in [1.29, 1.82) is 0 Å². The number of benzene rings is 1. The summed E-state index contributed by atoms with van der Waals surface area (Å²) in [6.45, 7) is 2.07. The van der Waals surface area contributed by atoms with Crippen molar-refractivity contribution in [2.24, 2.45) is 0 Å². The van der Waals surface area contributed by atoms with E-state index in [0.29, 0.717) is 26.7 Å². The Morgan fingerprint density at radius 2 is 2.14 bits per heavy atom. The SMILES string of the molecule is CCOC(=O)c1cc(Cl)c(Cl)c(Br)c1. The van der Waals surface area contributed by atoms with E-state index in [2.05, 4.69) is 15.9 Å². The van der Waals surface area contributed by atoms with Gasteiger partial charge in [-0.05, 0) is 35.0 Å². The fourth-order valence-corrected chi connectivity index (χ4v) is 1.79. The van der Waals surface area contributed by atoms with Crippen LogP contribution in [0.2, 0.25) is 10.0 Å². The van der Waals surface area contributed by atoms with Crippen molar-refractivity contribution in [1.82, 2.24) is 0 Å². The van der Waals surface area contributed by atoms with E-state index in [1.807, 2.05) is 0 Å². The molecule has 0 radical (unpaired) electrons. The number of carbonyl (C=O) groups excluding carboxylic acids is 1. The van der Waals surface area contributed by atoms with Crippen LogP contribution in [-0.4, -0.2) is 12.6 Å². The van der Waals surface area contributed by atoms with Gasteiger partial charge in [-0.15, -0.1) is 0 Å². The van der Waals surface area contributed by atoms with E-state index >= 15 is 0 Å². The second kappa shape index (κ2) is 5.01. The Morgan fingerprint density at radius 1 is 1.50 bits per heavy atom. The highest BCUT2D eigenvalue weighted by Crippen LogP contribution is 2.31. The van der Waals surface area contributed by atoms with Gasteiger partial charge in [0.1, 0.15) is 0 Å². The van der Waals surface area contributed by atoms with E-state index in [4.69, 9.17) is 27.9 Å². The van der Waals surface area contributed by atoms with Gasteiger partial charge in [-0.2, -0.15) is 0 Å². The maximum absolute atomic E-state index is 11.3. The van der Waals surface area contributed by atoms with E-state index in [-0.39, 0.29) is 0 Å². The van der Waals surface area contributed by atoms with E-state index in [9.17, 15) is 4.79 Å². The molecule has 1 rings (SSSR count). The lowest BCUT2D eigenvalue weighted by atomic mass is 10.2. The van der Waals surface area contributed by atoms with Gasteiger partial charge in [0.2, 0.25) is 0 Å². The second-order valence-electron chi connectivity index (χ2n) is 2.47. The average molecular weight is 298 g/mol. The summed E-state index contributed by atoms with van der Waals surface area (Å²) in [5, 5.41) is 0.712. The molecule has 0 atom stereocenters. The maximum Gasteiger partial charge on any atom is 0.338 e. The summed E-state index contributed by atoms with van der Waals surface area (Å²) in [4.78, 5) is 11.3. The van der Waals surface area contributed by atoms with Crippen LogP contribution >= 0.6 is 39.1 Å². The lowest BCUT2D eigenvalue weighted by Crippen LogP contribution is -2.04. The van der Waals surface area contributed by atoms with Crippen LogP contribution in [0.5, 0.6) is 0 Å². The molecule has 1 aromatic rings. The van der Waals surface area contributed by atoms with Crippen molar-refractivity contribution >= 4 is 45.1 Å². The molecule has 0 heterocycles. The molecule has 0 aromatic heterocycles. The van der Waals surface area contributed by atoms with Crippen LogP contribution in [0.4, 0.5) is 0 Å². The molecule has 0 bridgehead atoms. The van der Waals surface area contributed by atoms with Gasteiger partial charge < -0.3 is 4.74 Å². The molecule has 5 heteroatoms. The largest absolute Gasteiger partial charge is 0.462 e. The molecule has 0 amide bonds. The highest BCUT2D eigenvalue weighted by atomic mass is 79.9. The predicted molar refractivity (Wildman–Crippen MR) is 60.1 cm³/mol. The van der Waals surface area contributed by atoms with Gasteiger partial charge in [-0.3, -0.25) is 0 Å². The summed E-state index contributed by atoms with van der Waals surface area (Å²) in [6, 6.07) is 3.05. The zero-order valence-electron chi connectivity index (χ0n) is 7.31. The van der Waals surface area contributed by atoms with Gasteiger partial charge in [0, 0.05) is 4.47 Å². The van der Waals surface area contributed by atoms with Crippen molar-refractivity contribution in [3.63, 3.8) is 0 Å². The molecule has 0 aliphatic rings. The van der Waals surface area contributed by atoms with Gasteiger partial charge in [0.25, 0.3) is 0 Å². The maximum atomic E-state index is 11.3. The summed E-state index contributed by atoms with van der Waals surface area (Å²) in [6.07, 6.45) is 0. The summed E-state index contributed by atoms with van der Waals surface area (Å²) in [5.41, 5.74) is 0.383. The molecule has 0 fully saturated rings. The molecule has 0 spiro atoms. The molecule has 76 valence electrons. The third kappa shape index (κ3) is 2.62. The highest BCUT2D eigenvalue weighted by Gasteiger charge is 2.11. The Bertz CT molecular complexity index is 343. The summed E-state index contributed by atoms with van der Waals surface area (Å²) in [5.74, 6) is -0.410. The van der Waals surface area contributed by atoms with E-state index in [1.54, 1.807) is 13.0 Å². The predicted octanol–water partition coefficient (Wildman–Crippen LogP) is 3.93. The molecule has 14 heavy (non-hydrogen) atoms. The van der Waals surface area contributed by atoms with Crippen LogP contribution in [0.25, 0.3) is 0 Å². The molecule has 0 unspecified atom stereocenters. The fraction of sp³-hybridized carbons (Fsp3) is 0.222. The van der Waals surface area contributed by atoms with Crippen LogP contribution in [0.3, 0.4) is 0 Å². The average Bonchev–Trinajstić information content (AvgIpc) is 2.13. The fourth-order valence-electron chi connectivity index (χ4n) is 0.888. The van der Waals surface area contributed by atoms with Crippen molar-refractivity contribution in [2.45, 2.75) is 6.92 Å². The lowest BCUT2D eigenvalue weighted by Gasteiger charge is -2.04. The number of halogens is 3. The number of carbonyl (C=O) groups is 1. The summed E-state index contributed by atoms with van der Waals surface area (Å²) in [7, 11) is 0. The Balaban J connectivity index is 3.06. The van der Waals surface area contributed by atoms with Crippen molar-refractivity contribution in [3.8, 4) is 0 Å². The van der Waals surface area contributed by atoms with Gasteiger partial charge in [0.15, 0.2) is 0 Å². The quantitative estimate of drug-likeness (QED) is 0.611. The van der Waals surface area contributed by atoms with Gasteiger partial charge in [0.05, 0.1) is 22.2 Å². The molecule has 0 N–H and O–H groups in total. The molecular weight excluding hydrogens is 291 g/mol. The first-order chi connectivity index (χ1) is 6.56. The number of hydrogen-bond donors (Lipinski definition) is 0. The summed E-state index contributed by atoms with van der Waals surface area (Å²) >= 11 is 14.8.